The van der Waals surface area contributed by atoms with Gasteiger partial charge in [0, 0.05) is 19.3 Å². The number of hydrogen-bond donors (Lipinski definition) is 1. The Balaban J connectivity index is 2.03. The van der Waals surface area contributed by atoms with E-state index in [1.807, 2.05) is 13.8 Å². The van der Waals surface area contributed by atoms with Crippen molar-refractivity contribution >= 4 is 11.7 Å². The largest absolute Gasteiger partial charge is 0.453 e. The third-order valence-electron chi connectivity index (χ3n) is 2.93. The Hall–Kier alpha value is -2.31. The molecule has 7 heteroatoms. The van der Waals surface area contributed by atoms with Crippen molar-refractivity contribution in [2.45, 2.75) is 40.0 Å². The Morgan fingerprint density at radius 2 is 2.25 bits per heavy atom. The third kappa shape index (κ3) is 2.98. The van der Waals surface area contributed by atoms with Gasteiger partial charge in [-0.15, -0.1) is 0 Å². The number of hydrogen-bond acceptors (Lipinski definition) is 5. The molecule has 0 saturated carbocycles. The summed E-state index contributed by atoms with van der Waals surface area (Å²) >= 11 is 0. The molecule has 0 aliphatic heterocycles. The number of carbonyl (C=O) groups is 1. The maximum atomic E-state index is 12.0. The van der Waals surface area contributed by atoms with Crippen LogP contribution in [0.25, 0.3) is 0 Å². The van der Waals surface area contributed by atoms with Crippen molar-refractivity contribution in [3.05, 3.63) is 30.1 Å². The fourth-order valence-electron chi connectivity index (χ4n) is 1.97. The predicted octanol–water partition coefficient (Wildman–Crippen LogP) is 1.45. The summed E-state index contributed by atoms with van der Waals surface area (Å²) in [6, 6.07) is 1.61. The van der Waals surface area contributed by atoms with Crippen LogP contribution in [0.2, 0.25) is 0 Å². The summed E-state index contributed by atoms with van der Waals surface area (Å²) in [5.74, 6) is 0.234. The number of aryl methyl sites for hydroxylation is 2. The molecule has 2 heterocycles. The second-order valence-electron chi connectivity index (χ2n) is 4.42. The normalized spacial score (nSPS) is 10.7. The molecule has 0 spiro atoms. The highest BCUT2D eigenvalue weighted by atomic mass is 16.5. The number of ether oxygens (including phenoxy) is 1. The lowest BCUT2D eigenvalue weighted by Gasteiger charge is -2.07. The van der Waals surface area contributed by atoms with E-state index in [0.717, 1.165) is 13.0 Å². The first-order valence-corrected chi connectivity index (χ1v) is 6.65. The Labute approximate surface area is 117 Å². The second kappa shape index (κ2) is 6.23. The molecular formula is C13H19N5O2. The molecule has 0 aromatic carbocycles. The first kappa shape index (κ1) is 14.1. The van der Waals surface area contributed by atoms with Gasteiger partial charge >= 0.3 is 5.97 Å². The van der Waals surface area contributed by atoms with E-state index in [9.17, 15) is 4.79 Å². The molecule has 0 saturated heterocycles. The average Bonchev–Trinajstić information content (AvgIpc) is 3.03. The zero-order valence-electron chi connectivity index (χ0n) is 11.7. The van der Waals surface area contributed by atoms with Crippen molar-refractivity contribution in [1.82, 2.24) is 19.3 Å². The molecule has 20 heavy (non-hydrogen) atoms. The summed E-state index contributed by atoms with van der Waals surface area (Å²) in [5, 5.41) is 4.08. The van der Waals surface area contributed by atoms with E-state index in [2.05, 4.69) is 10.1 Å². The van der Waals surface area contributed by atoms with Gasteiger partial charge in [0.05, 0.1) is 5.69 Å². The Morgan fingerprint density at radius 1 is 1.45 bits per heavy atom. The highest BCUT2D eigenvalue weighted by Gasteiger charge is 2.15. The van der Waals surface area contributed by atoms with E-state index < -0.39 is 5.97 Å². The van der Waals surface area contributed by atoms with Crippen LogP contribution in [-0.4, -0.2) is 25.3 Å². The quantitative estimate of drug-likeness (QED) is 0.807. The number of nitrogens with zero attached hydrogens (tertiary/aromatic N) is 4. The van der Waals surface area contributed by atoms with Gasteiger partial charge in [-0.3, -0.25) is 0 Å². The fourth-order valence-corrected chi connectivity index (χ4v) is 1.97. The molecule has 2 aromatic rings. The van der Waals surface area contributed by atoms with E-state index in [4.69, 9.17) is 10.5 Å². The minimum Gasteiger partial charge on any atom is -0.453 e. The van der Waals surface area contributed by atoms with Crippen LogP contribution < -0.4 is 5.73 Å². The van der Waals surface area contributed by atoms with Gasteiger partial charge in [0.15, 0.2) is 12.4 Å². The lowest BCUT2D eigenvalue weighted by atomic mass is 10.4. The van der Waals surface area contributed by atoms with E-state index in [1.54, 1.807) is 21.5 Å². The van der Waals surface area contributed by atoms with E-state index in [-0.39, 0.29) is 6.61 Å². The summed E-state index contributed by atoms with van der Waals surface area (Å²) in [6.45, 7) is 5.51. The highest BCUT2D eigenvalue weighted by molar-refractivity contribution is 5.89. The average molecular weight is 277 g/mol. The summed E-state index contributed by atoms with van der Waals surface area (Å²) in [7, 11) is 0. The van der Waals surface area contributed by atoms with Crippen molar-refractivity contribution in [3.63, 3.8) is 0 Å². The van der Waals surface area contributed by atoms with Crippen LogP contribution in [0.5, 0.6) is 0 Å². The van der Waals surface area contributed by atoms with Crippen LogP contribution in [0.15, 0.2) is 18.6 Å². The molecule has 108 valence electrons. The number of rotatable bonds is 6. The fraction of sp³-hybridized carbons (Fsp3) is 0.462. The minimum absolute atomic E-state index is 0.105. The van der Waals surface area contributed by atoms with E-state index >= 15 is 0 Å². The number of aromatic nitrogens is 4. The maximum absolute atomic E-state index is 12.0. The number of anilines is 1. The molecule has 0 unspecified atom stereocenters. The SMILES string of the molecule is CCCn1ncnc1COC(=O)c1cc(N)cn1CC. The molecule has 2 N–H and O–H groups in total. The van der Waals surface area contributed by atoms with Gasteiger partial charge in [0.1, 0.15) is 12.0 Å². The predicted molar refractivity (Wildman–Crippen MR) is 74.0 cm³/mol. The van der Waals surface area contributed by atoms with Crippen LogP contribution in [0.3, 0.4) is 0 Å². The van der Waals surface area contributed by atoms with Crippen molar-refractivity contribution in [1.29, 1.82) is 0 Å². The second-order valence-corrected chi connectivity index (χ2v) is 4.42. The Morgan fingerprint density at radius 3 is 2.95 bits per heavy atom. The molecule has 0 amide bonds. The van der Waals surface area contributed by atoms with Crippen LogP contribution in [-0.2, 0) is 24.4 Å². The van der Waals surface area contributed by atoms with Gasteiger partial charge in [0.25, 0.3) is 0 Å². The van der Waals surface area contributed by atoms with Crippen LogP contribution in [0.1, 0.15) is 36.6 Å². The van der Waals surface area contributed by atoms with Gasteiger partial charge in [-0.2, -0.15) is 5.10 Å². The monoisotopic (exact) mass is 277 g/mol. The lowest BCUT2D eigenvalue weighted by Crippen LogP contribution is -2.13. The first-order valence-electron chi connectivity index (χ1n) is 6.65. The maximum Gasteiger partial charge on any atom is 0.355 e. The number of esters is 1. The Bertz CT molecular complexity index is 587. The number of nitrogens with two attached hydrogens (primary N) is 1. The topological polar surface area (TPSA) is 88.0 Å². The Kier molecular flexibility index (Phi) is 4.39. The molecule has 0 radical (unpaired) electrons. The van der Waals surface area contributed by atoms with Crippen molar-refractivity contribution in [2.24, 2.45) is 0 Å². The van der Waals surface area contributed by atoms with Crippen LogP contribution >= 0.6 is 0 Å². The summed E-state index contributed by atoms with van der Waals surface area (Å²) in [5.41, 5.74) is 6.69. The van der Waals surface area contributed by atoms with Gasteiger partial charge in [-0.05, 0) is 19.4 Å². The molecule has 7 nitrogen and oxygen atoms in total. The summed E-state index contributed by atoms with van der Waals surface area (Å²) in [4.78, 5) is 16.1. The minimum atomic E-state index is -0.408. The van der Waals surface area contributed by atoms with Crippen molar-refractivity contribution in [3.8, 4) is 0 Å². The summed E-state index contributed by atoms with van der Waals surface area (Å²) in [6.07, 6.45) is 4.13. The number of nitrogen functional groups attached to an aromatic ring is 1. The zero-order chi connectivity index (χ0) is 14.5. The first-order chi connectivity index (χ1) is 9.65. The van der Waals surface area contributed by atoms with Gasteiger partial charge in [0.2, 0.25) is 0 Å². The molecule has 0 aliphatic carbocycles. The lowest BCUT2D eigenvalue weighted by molar-refractivity contribution is 0.0444. The van der Waals surface area contributed by atoms with Crippen molar-refractivity contribution < 1.29 is 9.53 Å². The van der Waals surface area contributed by atoms with Crippen LogP contribution in [0.4, 0.5) is 5.69 Å². The zero-order valence-corrected chi connectivity index (χ0v) is 11.7. The smallest absolute Gasteiger partial charge is 0.355 e. The highest BCUT2D eigenvalue weighted by Crippen LogP contribution is 2.12. The van der Waals surface area contributed by atoms with E-state index in [1.165, 1.54) is 6.33 Å². The summed E-state index contributed by atoms with van der Waals surface area (Å²) < 4.78 is 8.77. The molecule has 0 aliphatic rings. The van der Waals surface area contributed by atoms with E-state index in [0.29, 0.717) is 23.8 Å². The van der Waals surface area contributed by atoms with Gasteiger partial charge < -0.3 is 15.0 Å². The molecular weight excluding hydrogens is 258 g/mol. The molecule has 0 fully saturated rings. The van der Waals surface area contributed by atoms with Gasteiger partial charge in [-0.25, -0.2) is 14.5 Å². The number of carbonyl (C=O) groups excluding carboxylic acids is 1. The van der Waals surface area contributed by atoms with Gasteiger partial charge in [-0.1, -0.05) is 6.92 Å². The standard InChI is InChI=1S/C13H19N5O2/c1-3-5-18-12(15-9-16-18)8-20-13(19)11-6-10(14)7-17(11)4-2/h6-7,9H,3-5,8,14H2,1-2H3. The van der Waals surface area contributed by atoms with Crippen LogP contribution in [0, 0.1) is 0 Å². The van der Waals surface area contributed by atoms with Crippen molar-refractivity contribution in [2.75, 3.05) is 5.73 Å². The molecule has 2 rings (SSSR count). The molecule has 0 atom stereocenters. The third-order valence-corrected chi connectivity index (χ3v) is 2.93. The molecule has 2 aromatic heterocycles. The molecule has 0 bridgehead atoms.